The number of ether oxygens (including phenoxy) is 1. The van der Waals surface area contributed by atoms with Crippen molar-refractivity contribution in [2.45, 2.75) is 20.5 Å². The first-order valence-corrected chi connectivity index (χ1v) is 6.93. The molecule has 0 bridgehead atoms. The van der Waals surface area contributed by atoms with Crippen LogP contribution in [0, 0.1) is 23.6 Å². The highest BCUT2D eigenvalue weighted by molar-refractivity contribution is 5.70. The largest absolute Gasteiger partial charge is 0.461 e. The highest BCUT2D eigenvalue weighted by Crippen LogP contribution is 2.31. The second kappa shape index (κ2) is 7.19. The molecular weight excluding hydrogens is 312 g/mol. The minimum absolute atomic E-state index is 0.0673. The molecular formula is C16H14N4O4. The van der Waals surface area contributed by atoms with Gasteiger partial charge < -0.3 is 10.1 Å². The molecule has 0 aliphatic rings. The van der Waals surface area contributed by atoms with Crippen molar-refractivity contribution in [1.29, 1.82) is 0 Å². The summed E-state index contributed by atoms with van der Waals surface area (Å²) in [4.78, 5) is 28.7. The molecule has 0 aliphatic heterocycles. The van der Waals surface area contributed by atoms with Gasteiger partial charge in [0.05, 0.1) is 11.5 Å². The molecule has 8 nitrogen and oxygen atoms in total. The van der Waals surface area contributed by atoms with Gasteiger partial charge in [-0.2, -0.15) is 0 Å². The van der Waals surface area contributed by atoms with Crippen LogP contribution in [0.2, 0.25) is 0 Å². The Balaban J connectivity index is 2.24. The number of aromatic nitrogens is 1. The van der Waals surface area contributed by atoms with Crippen LogP contribution in [0.3, 0.4) is 0 Å². The van der Waals surface area contributed by atoms with Gasteiger partial charge in [0.15, 0.2) is 0 Å². The first kappa shape index (κ1) is 16.9. The Labute approximate surface area is 138 Å². The lowest BCUT2D eigenvalue weighted by Crippen LogP contribution is -2.02. The Bertz CT molecular complexity index is 825. The van der Waals surface area contributed by atoms with Crippen LogP contribution in [-0.2, 0) is 16.1 Å². The summed E-state index contributed by atoms with van der Waals surface area (Å²) in [6, 6.07) is 8.06. The summed E-state index contributed by atoms with van der Waals surface area (Å²) in [7, 11) is 0. The number of esters is 1. The Morgan fingerprint density at radius 1 is 1.42 bits per heavy atom. The topological polar surface area (TPSA) is 98.7 Å². The molecule has 1 heterocycles. The van der Waals surface area contributed by atoms with E-state index in [2.05, 4.69) is 15.1 Å². The van der Waals surface area contributed by atoms with Crippen LogP contribution in [0.15, 0.2) is 30.3 Å². The summed E-state index contributed by atoms with van der Waals surface area (Å²) in [5.41, 5.74) is 1.66. The smallest absolute Gasteiger partial charge is 0.302 e. The number of pyridine rings is 1. The van der Waals surface area contributed by atoms with Gasteiger partial charge in [0, 0.05) is 24.4 Å². The number of aryl methyl sites for hydroxylation is 1. The SMILES string of the molecule is [C-]#[N+]c1cc([N+](=O)[O-])c(Nc2ccc(COC(C)=O)cc2)nc1C. The van der Waals surface area contributed by atoms with Crippen LogP contribution in [0.4, 0.5) is 22.9 Å². The molecule has 122 valence electrons. The normalized spacial score (nSPS) is 9.88. The van der Waals surface area contributed by atoms with E-state index < -0.39 is 4.92 Å². The Kier molecular flexibility index (Phi) is 5.06. The number of hydrogen-bond donors (Lipinski definition) is 1. The molecule has 0 spiro atoms. The summed E-state index contributed by atoms with van der Waals surface area (Å²) in [5.74, 6) is -0.301. The number of benzene rings is 1. The summed E-state index contributed by atoms with van der Waals surface area (Å²) >= 11 is 0. The van der Waals surface area contributed by atoms with E-state index >= 15 is 0 Å². The Morgan fingerprint density at radius 3 is 2.62 bits per heavy atom. The number of nitrogens with one attached hydrogen (secondary N) is 1. The van der Waals surface area contributed by atoms with Gasteiger partial charge >= 0.3 is 11.7 Å². The summed E-state index contributed by atoms with van der Waals surface area (Å²) in [6.45, 7) is 10.1. The first-order chi connectivity index (χ1) is 11.4. The van der Waals surface area contributed by atoms with Crippen molar-refractivity contribution in [1.82, 2.24) is 4.98 Å². The summed E-state index contributed by atoms with van der Waals surface area (Å²) in [5, 5.41) is 14.0. The minimum atomic E-state index is -0.585. The zero-order chi connectivity index (χ0) is 17.7. The lowest BCUT2D eigenvalue weighted by atomic mass is 10.2. The summed E-state index contributed by atoms with van der Waals surface area (Å²) in [6.07, 6.45) is 0. The maximum atomic E-state index is 11.2. The molecule has 1 aromatic carbocycles. The van der Waals surface area contributed by atoms with Gasteiger partial charge in [0.1, 0.15) is 6.61 Å². The van der Waals surface area contributed by atoms with E-state index in [0.717, 1.165) is 5.56 Å². The standard InChI is InChI=1S/C16H14N4O4/c1-10-14(17-3)8-15(20(22)23)16(18-10)19-13-6-4-12(5-7-13)9-24-11(2)21/h4-8H,9H2,1-2H3,(H,18,19). The zero-order valence-corrected chi connectivity index (χ0v) is 13.1. The molecule has 0 fully saturated rings. The third-order valence-corrected chi connectivity index (χ3v) is 3.14. The highest BCUT2D eigenvalue weighted by atomic mass is 16.6. The predicted molar refractivity (Wildman–Crippen MR) is 87.1 cm³/mol. The number of hydrogen-bond acceptors (Lipinski definition) is 6. The number of anilines is 2. The van der Waals surface area contributed by atoms with Crippen molar-refractivity contribution in [3.8, 4) is 0 Å². The second-order valence-corrected chi connectivity index (χ2v) is 4.93. The lowest BCUT2D eigenvalue weighted by Gasteiger charge is -2.09. The van der Waals surface area contributed by atoms with Gasteiger partial charge in [0.2, 0.25) is 11.5 Å². The molecule has 0 saturated heterocycles. The molecule has 1 N–H and O–H groups in total. The molecule has 0 atom stereocenters. The number of carbonyl (C=O) groups excluding carboxylic acids is 1. The fraction of sp³-hybridized carbons (Fsp3) is 0.188. The van der Waals surface area contributed by atoms with Crippen LogP contribution in [-0.4, -0.2) is 15.9 Å². The van der Waals surface area contributed by atoms with Gasteiger partial charge in [-0.05, 0) is 24.6 Å². The monoisotopic (exact) mass is 326 g/mol. The highest BCUT2D eigenvalue weighted by Gasteiger charge is 2.18. The van der Waals surface area contributed by atoms with Crippen LogP contribution in [0.1, 0.15) is 18.2 Å². The Hall–Kier alpha value is -3.47. The molecule has 8 heteroatoms. The number of nitrogens with zero attached hydrogens (tertiary/aromatic N) is 3. The maximum Gasteiger partial charge on any atom is 0.302 e. The molecule has 0 saturated carbocycles. The van der Waals surface area contributed by atoms with E-state index in [1.165, 1.54) is 13.0 Å². The number of rotatable bonds is 5. The van der Waals surface area contributed by atoms with E-state index in [-0.39, 0.29) is 29.8 Å². The number of nitro groups is 1. The molecule has 0 unspecified atom stereocenters. The summed E-state index contributed by atoms with van der Waals surface area (Å²) < 4.78 is 4.89. The predicted octanol–water partition coefficient (Wildman–Crippen LogP) is 3.66. The van der Waals surface area contributed by atoms with Gasteiger partial charge in [-0.15, -0.1) is 0 Å². The van der Waals surface area contributed by atoms with Crippen LogP contribution >= 0.6 is 0 Å². The lowest BCUT2D eigenvalue weighted by molar-refractivity contribution is -0.384. The van der Waals surface area contributed by atoms with Gasteiger partial charge in [-0.1, -0.05) is 12.1 Å². The van der Waals surface area contributed by atoms with Crippen LogP contribution in [0.5, 0.6) is 0 Å². The third-order valence-electron chi connectivity index (χ3n) is 3.14. The van der Waals surface area contributed by atoms with E-state index in [1.807, 2.05) is 0 Å². The van der Waals surface area contributed by atoms with Crippen molar-refractivity contribution < 1.29 is 14.5 Å². The zero-order valence-electron chi connectivity index (χ0n) is 13.1. The van der Waals surface area contributed by atoms with Crippen LogP contribution in [0.25, 0.3) is 4.85 Å². The molecule has 0 aliphatic carbocycles. The van der Waals surface area contributed by atoms with E-state index in [4.69, 9.17) is 11.3 Å². The molecule has 0 amide bonds. The van der Waals surface area contributed by atoms with Crippen molar-refractivity contribution in [2.24, 2.45) is 0 Å². The first-order valence-electron chi connectivity index (χ1n) is 6.93. The molecule has 0 radical (unpaired) electrons. The van der Waals surface area contributed by atoms with Crippen molar-refractivity contribution in [3.05, 3.63) is 63.1 Å². The Morgan fingerprint density at radius 2 is 2.08 bits per heavy atom. The van der Waals surface area contributed by atoms with Crippen LogP contribution < -0.4 is 5.32 Å². The maximum absolute atomic E-state index is 11.2. The van der Waals surface area contributed by atoms with E-state index in [0.29, 0.717) is 11.4 Å². The average molecular weight is 326 g/mol. The second-order valence-electron chi connectivity index (χ2n) is 4.93. The van der Waals surface area contributed by atoms with Crippen molar-refractivity contribution in [3.63, 3.8) is 0 Å². The quantitative estimate of drug-likeness (QED) is 0.390. The van der Waals surface area contributed by atoms with E-state index in [1.54, 1.807) is 31.2 Å². The molecule has 24 heavy (non-hydrogen) atoms. The fourth-order valence-electron chi connectivity index (χ4n) is 1.93. The average Bonchev–Trinajstić information content (AvgIpc) is 2.54. The van der Waals surface area contributed by atoms with Crippen molar-refractivity contribution in [2.75, 3.05) is 5.32 Å². The van der Waals surface area contributed by atoms with Gasteiger partial charge in [-0.25, -0.2) is 9.83 Å². The van der Waals surface area contributed by atoms with Crippen molar-refractivity contribution >= 4 is 28.8 Å². The molecule has 2 rings (SSSR count). The van der Waals surface area contributed by atoms with E-state index in [9.17, 15) is 14.9 Å². The van der Waals surface area contributed by atoms with Gasteiger partial charge in [0.25, 0.3) is 0 Å². The molecule has 2 aromatic rings. The fourth-order valence-corrected chi connectivity index (χ4v) is 1.93. The third kappa shape index (κ3) is 4.04. The number of carbonyl (C=O) groups is 1. The van der Waals surface area contributed by atoms with Gasteiger partial charge in [-0.3, -0.25) is 14.9 Å². The minimum Gasteiger partial charge on any atom is -0.461 e. The molecule has 1 aromatic heterocycles.